The first-order valence-corrected chi connectivity index (χ1v) is 5.98. The second kappa shape index (κ2) is 7.42. The van der Waals surface area contributed by atoms with Crippen molar-refractivity contribution in [1.29, 1.82) is 0 Å². The Hall–Kier alpha value is -2.18. The zero-order valence-electron chi connectivity index (χ0n) is 10.9. The van der Waals surface area contributed by atoms with Gasteiger partial charge in [0.25, 0.3) is 0 Å². The molecule has 6 heteroatoms. The number of rotatable bonds is 8. The average molecular weight is 279 g/mol. The second-order valence-corrected chi connectivity index (χ2v) is 4.35. The summed E-state index contributed by atoms with van der Waals surface area (Å²) in [4.78, 5) is 22.5. The molecule has 108 valence electrons. The van der Waals surface area contributed by atoms with E-state index in [2.05, 4.69) is 6.58 Å². The van der Waals surface area contributed by atoms with E-state index in [0.29, 0.717) is 5.56 Å². The van der Waals surface area contributed by atoms with Gasteiger partial charge in [-0.25, -0.2) is 0 Å². The Morgan fingerprint density at radius 2 is 1.85 bits per heavy atom. The highest BCUT2D eigenvalue weighted by molar-refractivity contribution is 5.72. The molecule has 0 aromatic heterocycles. The monoisotopic (exact) mass is 279 g/mol. The number of carboxylic acids is 2. The lowest BCUT2D eigenvalue weighted by molar-refractivity contribution is -0.142. The van der Waals surface area contributed by atoms with E-state index in [4.69, 9.17) is 10.2 Å². The molecule has 1 aromatic carbocycles. The van der Waals surface area contributed by atoms with Crippen LogP contribution in [0.2, 0.25) is 0 Å². The minimum Gasteiger partial charge on any atom is -0.480 e. The Bertz CT molecular complexity index is 484. The molecule has 0 amide bonds. The predicted molar refractivity (Wildman–Crippen MR) is 73.2 cm³/mol. The zero-order valence-corrected chi connectivity index (χ0v) is 10.9. The summed E-state index contributed by atoms with van der Waals surface area (Å²) in [5.41, 5.74) is 1.41. The fourth-order valence-electron chi connectivity index (χ4n) is 1.81. The number of aliphatic carboxylic acids is 2. The van der Waals surface area contributed by atoms with Crippen LogP contribution in [0.25, 0.3) is 6.08 Å². The highest BCUT2D eigenvalue weighted by atomic mass is 16.4. The van der Waals surface area contributed by atoms with Gasteiger partial charge in [-0.3, -0.25) is 14.5 Å². The van der Waals surface area contributed by atoms with Gasteiger partial charge >= 0.3 is 11.9 Å². The lowest BCUT2D eigenvalue weighted by Gasteiger charge is -2.22. The number of benzene rings is 1. The van der Waals surface area contributed by atoms with Crippen molar-refractivity contribution in [2.75, 3.05) is 19.6 Å². The molecule has 1 atom stereocenters. The first-order chi connectivity index (χ1) is 9.42. The molecule has 0 aliphatic heterocycles. The number of aliphatic hydroxyl groups excluding tert-OH is 1. The molecule has 0 aliphatic carbocycles. The molecule has 0 radical (unpaired) electrons. The molecular formula is C14H17NO5. The Morgan fingerprint density at radius 3 is 2.35 bits per heavy atom. The summed E-state index contributed by atoms with van der Waals surface area (Å²) >= 11 is 0. The molecule has 20 heavy (non-hydrogen) atoms. The molecule has 1 rings (SSSR count). The fourth-order valence-corrected chi connectivity index (χ4v) is 1.81. The van der Waals surface area contributed by atoms with Crippen molar-refractivity contribution in [1.82, 2.24) is 4.90 Å². The van der Waals surface area contributed by atoms with Crippen LogP contribution >= 0.6 is 0 Å². The largest absolute Gasteiger partial charge is 0.480 e. The topological polar surface area (TPSA) is 98.1 Å². The summed E-state index contributed by atoms with van der Waals surface area (Å²) in [6.07, 6.45) is 0.663. The molecule has 0 fully saturated rings. The quantitative estimate of drug-likeness (QED) is 0.652. The van der Waals surface area contributed by atoms with Crippen LogP contribution in [-0.2, 0) is 9.59 Å². The van der Waals surface area contributed by atoms with Gasteiger partial charge in [0.2, 0.25) is 0 Å². The maximum atomic E-state index is 10.7. The van der Waals surface area contributed by atoms with Crippen LogP contribution in [0.4, 0.5) is 0 Å². The second-order valence-electron chi connectivity index (χ2n) is 4.35. The van der Waals surface area contributed by atoms with E-state index in [0.717, 1.165) is 10.5 Å². The molecule has 0 heterocycles. The van der Waals surface area contributed by atoms with Gasteiger partial charge < -0.3 is 15.3 Å². The fraction of sp³-hybridized carbons (Fsp3) is 0.286. The van der Waals surface area contributed by atoms with Gasteiger partial charge in [-0.05, 0) is 17.2 Å². The maximum Gasteiger partial charge on any atom is 0.317 e. The Kier molecular flexibility index (Phi) is 5.89. The third-order valence-corrected chi connectivity index (χ3v) is 2.68. The molecular weight excluding hydrogens is 262 g/mol. The molecule has 0 spiro atoms. The summed E-state index contributed by atoms with van der Waals surface area (Å²) in [6.45, 7) is 2.67. The van der Waals surface area contributed by atoms with Crippen LogP contribution in [-0.4, -0.2) is 51.8 Å². The van der Waals surface area contributed by atoms with Crippen molar-refractivity contribution < 1.29 is 24.9 Å². The molecule has 0 aliphatic rings. The van der Waals surface area contributed by atoms with E-state index in [1.54, 1.807) is 24.3 Å². The number of hydrogen-bond acceptors (Lipinski definition) is 4. The van der Waals surface area contributed by atoms with Crippen molar-refractivity contribution in [2.24, 2.45) is 0 Å². The van der Waals surface area contributed by atoms with Gasteiger partial charge in [-0.2, -0.15) is 0 Å². The highest BCUT2D eigenvalue weighted by Gasteiger charge is 2.18. The Labute approximate surface area is 116 Å². The molecule has 1 unspecified atom stereocenters. The third kappa shape index (κ3) is 5.21. The van der Waals surface area contributed by atoms with Gasteiger partial charge in [-0.15, -0.1) is 0 Å². The average Bonchev–Trinajstić information content (AvgIpc) is 2.37. The van der Waals surface area contributed by atoms with Crippen LogP contribution in [0.1, 0.15) is 17.2 Å². The summed E-state index contributed by atoms with van der Waals surface area (Å²) in [7, 11) is 0. The maximum absolute atomic E-state index is 10.7. The van der Waals surface area contributed by atoms with Crippen molar-refractivity contribution in [2.45, 2.75) is 6.10 Å². The number of carboxylic acid groups (broad SMARTS) is 2. The Morgan fingerprint density at radius 1 is 1.25 bits per heavy atom. The highest BCUT2D eigenvalue weighted by Crippen LogP contribution is 2.16. The number of nitrogens with zero attached hydrogens (tertiary/aromatic N) is 1. The smallest absolute Gasteiger partial charge is 0.317 e. The number of hydrogen-bond donors (Lipinski definition) is 3. The minimum absolute atomic E-state index is 0.0702. The summed E-state index contributed by atoms with van der Waals surface area (Å²) in [6, 6.07) is 6.97. The normalized spacial score (nSPS) is 12.1. The van der Waals surface area contributed by atoms with Crippen LogP contribution in [0.5, 0.6) is 0 Å². The van der Waals surface area contributed by atoms with Crippen molar-refractivity contribution in [3.63, 3.8) is 0 Å². The van der Waals surface area contributed by atoms with Crippen LogP contribution in [0.3, 0.4) is 0 Å². The van der Waals surface area contributed by atoms with E-state index < -0.39 is 31.1 Å². The van der Waals surface area contributed by atoms with E-state index >= 15 is 0 Å². The SMILES string of the molecule is C=Cc1cccc(C(O)CN(CC(=O)O)CC(=O)O)c1. The van der Waals surface area contributed by atoms with E-state index in [1.165, 1.54) is 0 Å². The summed E-state index contributed by atoms with van der Waals surface area (Å²) in [5.74, 6) is -2.28. The number of carbonyl (C=O) groups is 2. The molecule has 0 saturated heterocycles. The number of aliphatic hydroxyl groups is 1. The molecule has 3 N–H and O–H groups in total. The Balaban J connectivity index is 2.77. The van der Waals surface area contributed by atoms with Crippen molar-refractivity contribution in [3.8, 4) is 0 Å². The van der Waals surface area contributed by atoms with Gasteiger partial charge in [0, 0.05) is 6.54 Å². The van der Waals surface area contributed by atoms with E-state index in [1.807, 2.05) is 6.07 Å². The van der Waals surface area contributed by atoms with E-state index in [9.17, 15) is 14.7 Å². The van der Waals surface area contributed by atoms with Crippen LogP contribution in [0.15, 0.2) is 30.8 Å². The van der Waals surface area contributed by atoms with Crippen LogP contribution < -0.4 is 0 Å². The molecule has 1 aromatic rings. The molecule has 0 bridgehead atoms. The van der Waals surface area contributed by atoms with Gasteiger partial charge in [-0.1, -0.05) is 30.9 Å². The lowest BCUT2D eigenvalue weighted by Crippen LogP contribution is -2.37. The van der Waals surface area contributed by atoms with Crippen LogP contribution in [0, 0.1) is 0 Å². The van der Waals surface area contributed by atoms with E-state index in [-0.39, 0.29) is 6.54 Å². The van der Waals surface area contributed by atoms with Crippen molar-refractivity contribution >= 4 is 18.0 Å². The standard InChI is InChI=1S/C14H17NO5/c1-2-10-4-3-5-11(6-10)12(16)7-15(8-13(17)18)9-14(19)20/h2-6,12,16H,1,7-9H2,(H,17,18)(H,19,20). The molecule has 6 nitrogen and oxygen atoms in total. The first-order valence-electron chi connectivity index (χ1n) is 5.98. The predicted octanol–water partition coefficient (Wildman–Crippen LogP) is 0.834. The van der Waals surface area contributed by atoms with Gasteiger partial charge in [0.15, 0.2) is 0 Å². The summed E-state index contributed by atoms with van der Waals surface area (Å²) in [5, 5.41) is 27.5. The zero-order chi connectivity index (χ0) is 15.1. The van der Waals surface area contributed by atoms with Crippen molar-refractivity contribution in [3.05, 3.63) is 42.0 Å². The first kappa shape index (κ1) is 15.9. The lowest BCUT2D eigenvalue weighted by atomic mass is 10.1. The van der Waals surface area contributed by atoms with Gasteiger partial charge in [0.05, 0.1) is 19.2 Å². The minimum atomic E-state index is -1.14. The molecule has 0 saturated carbocycles. The summed E-state index contributed by atoms with van der Waals surface area (Å²) < 4.78 is 0. The van der Waals surface area contributed by atoms with Gasteiger partial charge in [0.1, 0.15) is 0 Å². The third-order valence-electron chi connectivity index (χ3n) is 2.68.